The number of pyridine rings is 1. The second-order valence-corrected chi connectivity index (χ2v) is 3.80. The Bertz CT molecular complexity index is 606. The fraction of sp³-hybridized carbons (Fsp3) is 0.0769. The number of hydrogen-bond acceptors (Lipinski definition) is 4. The molecule has 0 aliphatic carbocycles. The van der Waals surface area contributed by atoms with E-state index in [0.717, 1.165) is 5.56 Å². The van der Waals surface area contributed by atoms with E-state index in [1.165, 1.54) is 24.3 Å². The first-order valence-electron chi connectivity index (χ1n) is 5.30. The van der Waals surface area contributed by atoms with Gasteiger partial charge in [-0.3, -0.25) is 19.9 Å². The highest BCUT2D eigenvalue weighted by molar-refractivity contribution is 6.08. The maximum Gasteiger partial charge on any atom is 0.269 e. The van der Waals surface area contributed by atoms with E-state index >= 15 is 0 Å². The molecule has 0 saturated heterocycles. The summed E-state index contributed by atoms with van der Waals surface area (Å²) in [5.41, 5.74) is 1.50. The number of carbonyl (C=O) groups excluding carboxylic acids is 1. The molecule has 1 aromatic carbocycles. The van der Waals surface area contributed by atoms with Crippen molar-refractivity contribution in [2.24, 2.45) is 0 Å². The van der Waals surface area contributed by atoms with Crippen LogP contribution >= 0.6 is 0 Å². The molecule has 2 rings (SSSR count). The molecule has 0 fully saturated rings. The highest BCUT2D eigenvalue weighted by atomic mass is 16.6. The Morgan fingerprint density at radius 2 is 1.89 bits per heavy atom. The zero-order chi connectivity index (χ0) is 13.1. The van der Waals surface area contributed by atoms with E-state index in [9.17, 15) is 14.9 Å². The summed E-state index contributed by atoms with van der Waals surface area (Å²) in [7, 11) is 0. The monoisotopic (exact) mass is 242 g/mol. The van der Waals surface area contributed by atoms with E-state index < -0.39 is 4.92 Å². The molecule has 2 aromatic rings. The van der Waals surface area contributed by atoms with Crippen molar-refractivity contribution >= 4 is 11.5 Å². The van der Waals surface area contributed by atoms with Gasteiger partial charge in [0.15, 0.2) is 0 Å². The van der Waals surface area contributed by atoms with Gasteiger partial charge in [-0.05, 0) is 30.7 Å². The van der Waals surface area contributed by atoms with E-state index in [1.54, 1.807) is 25.3 Å². The summed E-state index contributed by atoms with van der Waals surface area (Å²) in [4.78, 5) is 26.2. The van der Waals surface area contributed by atoms with Crippen molar-refractivity contribution in [2.45, 2.75) is 6.92 Å². The number of aromatic nitrogens is 1. The largest absolute Gasteiger partial charge is 0.287 e. The van der Waals surface area contributed by atoms with Crippen LogP contribution in [0.4, 0.5) is 5.69 Å². The van der Waals surface area contributed by atoms with Crippen molar-refractivity contribution in [3.8, 4) is 0 Å². The maximum absolute atomic E-state index is 12.1. The molecule has 0 spiro atoms. The molecule has 0 radical (unpaired) electrons. The van der Waals surface area contributed by atoms with E-state index in [2.05, 4.69) is 4.98 Å². The van der Waals surface area contributed by atoms with E-state index in [1.807, 2.05) is 0 Å². The summed E-state index contributed by atoms with van der Waals surface area (Å²) in [6.07, 6.45) is 1.55. The average Bonchev–Trinajstić information content (AvgIpc) is 2.38. The third-order valence-electron chi connectivity index (χ3n) is 2.56. The molecule has 0 bridgehead atoms. The van der Waals surface area contributed by atoms with Crippen LogP contribution in [0.15, 0.2) is 42.6 Å². The summed E-state index contributed by atoms with van der Waals surface area (Å²) >= 11 is 0. The number of aryl methyl sites for hydroxylation is 1. The number of nitro benzene ring substituents is 1. The number of carbonyl (C=O) groups is 1. The van der Waals surface area contributed by atoms with Crippen LogP contribution in [-0.2, 0) is 0 Å². The zero-order valence-corrected chi connectivity index (χ0v) is 9.66. The lowest BCUT2D eigenvalue weighted by Crippen LogP contribution is -2.06. The van der Waals surface area contributed by atoms with Gasteiger partial charge in [-0.2, -0.15) is 0 Å². The van der Waals surface area contributed by atoms with Crippen molar-refractivity contribution in [2.75, 3.05) is 0 Å². The highest BCUT2D eigenvalue weighted by Gasteiger charge is 2.14. The second kappa shape index (κ2) is 4.75. The predicted octanol–water partition coefficient (Wildman–Crippen LogP) is 2.53. The highest BCUT2D eigenvalue weighted by Crippen LogP contribution is 2.15. The number of hydrogen-bond donors (Lipinski definition) is 0. The third kappa shape index (κ3) is 2.24. The zero-order valence-electron chi connectivity index (χ0n) is 9.66. The summed E-state index contributed by atoms with van der Waals surface area (Å²) in [5.74, 6) is -0.233. The Hall–Kier alpha value is -2.56. The van der Waals surface area contributed by atoms with Gasteiger partial charge in [0.1, 0.15) is 5.69 Å². The molecule has 0 N–H and O–H groups in total. The molecule has 0 aliphatic rings. The van der Waals surface area contributed by atoms with Gasteiger partial charge in [-0.15, -0.1) is 0 Å². The molecule has 90 valence electrons. The van der Waals surface area contributed by atoms with Crippen molar-refractivity contribution in [1.82, 2.24) is 4.98 Å². The predicted molar refractivity (Wildman–Crippen MR) is 65.5 cm³/mol. The Morgan fingerprint density at radius 1 is 1.22 bits per heavy atom. The van der Waals surface area contributed by atoms with E-state index in [4.69, 9.17) is 0 Å². The first-order chi connectivity index (χ1) is 8.59. The average molecular weight is 242 g/mol. The fourth-order valence-corrected chi connectivity index (χ4v) is 1.59. The third-order valence-corrected chi connectivity index (χ3v) is 2.56. The van der Waals surface area contributed by atoms with Crippen LogP contribution in [0, 0.1) is 17.0 Å². The van der Waals surface area contributed by atoms with Crippen molar-refractivity contribution in [3.05, 3.63) is 69.5 Å². The lowest BCUT2D eigenvalue weighted by molar-refractivity contribution is -0.384. The van der Waals surface area contributed by atoms with Crippen LogP contribution in [0.2, 0.25) is 0 Å². The van der Waals surface area contributed by atoms with E-state index in [0.29, 0.717) is 11.3 Å². The van der Waals surface area contributed by atoms with Crippen LogP contribution in [-0.4, -0.2) is 15.7 Å². The molecule has 0 atom stereocenters. The first-order valence-corrected chi connectivity index (χ1v) is 5.30. The van der Waals surface area contributed by atoms with Gasteiger partial charge in [0.25, 0.3) is 5.69 Å². The molecular weight excluding hydrogens is 232 g/mol. The minimum atomic E-state index is -0.500. The molecule has 1 heterocycles. The maximum atomic E-state index is 12.1. The Morgan fingerprint density at radius 3 is 2.44 bits per heavy atom. The molecule has 0 saturated carbocycles. The van der Waals surface area contributed by atoms with Gasteiger partial charge >= 0.3 is 0 Å². The summed E-state index contributed by atoms with van der Waals surface area (Å²) in [6.45, 7) is 1.80. The SMILES string of the molecule is Cc1cccnc1C(=O)c1ccc([N+](=O)[O-])cc1. The number of benzene rings is 1. The molecular formula is C13H10N2O3. The Balaban J connectivity index is 2.35. The van der Waals surface area contributed by atoms with Crippen molar-refractivity contribution in [1.29, 1.82) is 0 Å². The Labute approximate surface area is 103 Å². The lowest BCUT2D eigenvalue weighted by atomic mass is 10.0. The van der Waals surface area contributed by atoms with Crippen molar-refractivity contribution in [3.63, 3.8) is 0 Å². The summed E-state index contributed by atoms with van der Waals surface area (Å²) in [6, 6.07) is 9.05. The van der Waals surface area contributed by atoms with Gasteiger partial charge in [0.2, 0.25) is 5.78 Å². The first kappa shape index (κ1) is 11.9. The number of ketones is 1. The number of non-ortho nitro benzene ring substituents is 1. The van der Waals surface area contributed by atoms with E-state index in [-0.39, 0.29) is 11.5 Å². The minimum absolute atomic E-state index is 0.0377. The molecule has 0 unspecified atom stereocenters. The minimum Gasteiger partial charge on any atom is -0.287 e. The normalized spacial score (nSPS) is 10.1. The van der Waals surface area contributed by atoms with Crippen LogP contribution in [0.5, 0.6) is 0 Å². The molecule has 0 amide bonds. The van der Waals surface area contributed by atoms with Gasteiger partial charge in [0, 0.05) is 23.9 Å². The number of rotatable bonds is 3. The standard InChI is InChI=1S/C13H10N2O3/c1-9-3-2-8-14-12(9)13(16)10-4-6-11(7-5-10)15(17)18/h2-8H,1H3. The quantitative estimate of drug-likeness (QED) is 0.471. The van der Waals surface area contributed by atoms with Crippen LogP contribution in [0.25, 0.3) is 0 Å². The summed E-state index contributed by atoms with van der Waals surface area (Å²) < 4.78 is 0. The summed E-state index contributed by atoms with van der Waals surface area (Å²) in [5, 5.41) is 10.5. The van der Waals surface area contributed by atoms with Crippen LogP contribution in [0.3, 0.4) is 0 Å². The lowest BCUT2D eigenvalue weighted by Gasteiger charge is -2.03. The fourth-order valence-electron chi connectivity index (χ4n) is 1.59. The number of nitro groups is 1. The second-order valence-electron chi connectivity index (χ2n) is 3.80. The van der Waals surface area contributed by atoms with Crippen molar-refractivity contribution < 1.29 is 9.72 Å². The number of nitrogens with zero attached hydrogens (tertiary/aromatic N) is 2. The smallest absolute Gasteiger partial charge is 0.269 e. The molecule has 1 aromatic heterocycles. The molecule has 5 nitrogen and oxygen atoms in total. The molecule has 0 aliphatic heterocycles. The molecule has 5 heteroatoms. The van der Waals surface area contributed by atoms with Crippen LogP contribution in [0.1, 0.15) is 21.6 Å². The van der Waals surface area contributed by atoms with Gasteiger partial charge in [-0.1, -0.05) is 6.07 Å². The topological polar surface area (TPSA) is 73.1 Å². The van der Waals surface area contributed by atoms with Crippen LogP contribution < -0.4 is 0 Å². The van der Waals surface area contributed by atoms with Gasteiger partial charge in [0.05, 0.1) is 4.92 Å². The molecule has 18 heavy (non-hydrogen) atoms. The van der Waals surface area contributed by atoms with Gasteiger partial charge in [-0.25, -0.2) is 0 Å². The van der Waals surface area contributed by atoms with Gasteiger partial charge < -0.3 is 0 Å². The Kier molecular flexibility index (Phi) is 3.14.